The lowest BCUT2D eigenvalue weighted by molar-refractivity contribution is 0.370. The molecule has 2 nitrogen and oxygen atoms in total. The molecule has 3 heteroatoms. The van der Waals surface area contributed by atoms with Crippen LogP contribution in [0.3, 0.4) is 0 Å². The van der Waals surface area contributed by atoms with Crippen LogP contribution < -0.4 is 10.6 Å². The number of nitrogens with zero attached hydrogens (tertiary/aromatic N) is 1. The van der Waals surface area contributed by atoms with E-state index in [1.54, 1.807) is 0 Å². The second-order valence-electron chi connectivity index (χ2n) is 5.00. The van der Waals surface area contributed by atoms with Gasteiger partial charge in [0.1, 0.15) is 0 Å². The van der Waals surface area contributed by atoms with Crippen LogP contribution in [0.2, 0.25) is 5.02 Å². The van der Waals surface area contributed by atoms with E-state index in [1.807, 2.05) is 12.1 Å². The Hall–Kier alpha value is -0.730. The van der Waals surface area contributed by atoms with Crippen molar-refractivity contribution >= 4 is 17.3 Å². The Bertz CT molecular complexity index is 418. The third-order valence-corrected chi connectivity index (χ3v) is 4.46. The number of hydrogen-bond donors (Lipinski definition) is 1. The van der Waals surface area contributed by atoms with Gasteiger partial charge in [-0.25, -0.2) is 0 Å². The number of nitrogens with two attached hydrogens (primary N) is 1. The van der Waals surface area contributed by atoms with E-state index in [0.717, 1.165) is 5.02 Å². The van der Waals surface area contributed by atoms with Crippen LogP contribution in [0.4, 0.5) is 5.69 Å². The van der Waals surface area contributed by atoms with Crippen molar-refractivity contribution in [3.05, 3.63) is 28.8 Å². The Labute approximate surface area is 101 Å². The maximum absolute atomic E-state index is 6.37. The number of anilines is 1. The van der Waals surface area contributed by atoms with Gasteiger partial charge in [0.15, 0.2) is 0 Å². The molecule has 0 radical (unpaired) electrons. The summed E-state index contributed by atoms with van der Waals surface area (Å²) in [7, 11) is 2.17. The van der Waals surface area contributed by atoms with Gasteiger partial charge in [0.2, 0.25) is 0 Å². The van der Waals surface area contributed by atoms with Crippen LogP contribution >= 0.6 is 11.6 Å². The number of fused-ring (bicyclic) bond motifs is 2. The fourth-order valence-corrected chi connectivity index (χ4v) is 3.55. The molecule has 0 amide bonds. The summed E-state index contributed by atoms with van der Waals surface area (Å²) in [6.07, 6.45) is 3.83. The number of benzene rings is 1. The summed E-state index contributed by atoms with van der Waals surface area (Å²) < 4.78 is 0. The van der Waals surface area contributed by atoms with Crippen LogP contribution in [0.25, 0.3) is 0 Å². The predicted octanol–water partition coefficient (Wildman–Crippen LogP) is 2.96. The molecule has 1 aliphatic carbocycles. The molecule has 16 heavy (non-hydrogen) atoms. The lowest BCUT2D eigenvalue weighted by Crippen LogP contribution is -2.44. The minimum atomic E-state index is 0.191. The molecule has 0 bridgehead atoms. The molecule has 0 aromatic heterocycles. The first-order chi connectivity index (χ1) is 7.68. The monoisotopic (exact) mass is 236 g/mol. The van der Waals surface area contributed by atoms with Gasteiger partial charge in [0.05, 0.1) is 0 Å². The molecule has 0 spiro atoms. The van der Waals surface area contributed by atoms with Gasteiger partial charge in [-0.05, 0) is 36.5 Å². The second-order valence-corrected chi connectivity index (χ2v) is 5.44. The van der Waals surface area contributed by atoms with Crippen LogP contribution in [0.5, 0.6) is 0 Å². The Balaban J connectivity index is 2.11. The van der Waals surface area contributed by atoms with Crippen molar-refractivity contribution in [2.45, 2.75) is 31.3 Å². The molecular weight excluding hydrogens is 220 g/mol. The Morgan fingerprint density at radius 1 is 1.38 bits per heavy atom. The highest BCUT2D eigenvalue weighted by Crippen LogP contribution is 2.46. The van der Waals surface area contributed by atoms with E-state index in [9.17, 15) is 0 Å². The van der Waals surface area contributed by atoms with Crippen molar-refractivity contribution in [3.8, 4) is 0 Å². The van der Waals surface area contributed by atoms with Crippen LogP contribution in [0.15, 0.2) is 18.2 Å². The Morgan fingerprint density at radius 2 is 2.19 bits per heavy atom. The zero-order chi connectivity index (χ0) is 11.3. The molecule has 1 saturated carbocycles. The molecule has 1 aromatic rings. The molecule has 2 N–H and O–H groups in total. The minimum absolute atomic E-state index is 0.191. The van der Waals surface area contributed by atoms with Crippen molar-refractivity contribution in [3.63, 3.8) is 0 Å². The first kappa shape index (κ1) is 10.4. The molecule has 1 aromatic carbocycles. The normalized spacial score (nSPS) is 32.4. The molecule has 3 rings (SSSR count). The SMILES string of the molecule is CN1c2cc(Cl)ccc2C(N)C2CCCC21. The van der Waals surface area contributed by atoms with Crippen molar-refractivity contribution in [1.29, 1.82) is 0 Å². The molecule has 3 atom stereocenters. The second kappa shape index (κ2) is 3.64. The summed E-state index contributed by atoms with van der Waals surface area (Å²) >= 11 is 6.07. The van der Waals surface area contributed by atoms with E-state index in [0.29, 0.717) is 12.0 Å². The summed E-state index contributed by atoms with van der Waals surface area (Å²) in [6.45, 7) is 0. The van der Waals surface area contributed by atoms with Crippen molar-refractivity contribution in [2.24, 2.45) is 11.7 Å². The van der Waals surface area contributed by atoms with E-state index in [-0.39, 0.29) is 6.04 Å². The molecule has 1 fully saturated rings. The van der Waals surface area contributed by atoms with E-state index in [4.69, 9.17) is 17.3 Å². The van der Waals surface area contributed by atoms with E-state index in [2.05, 4.69) is 18.0 Å². The lowest BCUT2D eigenvalue weighted by Gasteiger charge is -2.41. The summed E-state index contributed by atoms with van der Waals surface area (Å²) in [5.74, 6) is 0.624. The van der Waals surface area contributed by atoms with Crippen LogP contribution in [-0.2, 0) is 0 Å². The standard InChI is InChI=1S/C13H17ClN2/c1-16-11-4-2-3-9(11)13(15)10-6-5-8(14)7-12(10)16/h5-7,9,11,13H,2-4,15H2,1H3. The number of halogens is 1. The van der Waals surface area contributed by atoms with Crippen LogP contribution in [0, 0.1) is 5.92 Å². The van der Waals surface area contributed by atoms with Gasteiger partial charge >= 0.3 is 0 Å². The summed E-state index contributed by atoms with van der Waals surface area (Å²) in [5, 5.41) is 0.800. The van der Waals surface area contributed by atoms with Gasteiger partial charge in [-0.3, -0.25) is 0 Å². The summed E-state index contributed by atoms with van der Waals surface area (Å²) in [5.41, 5.74) is 8.86. The highest BCUT2D eigenvalue weighted by molar-refractivity contribution is 6.30. The Kier molecular flexibility index (Phi) is 2.37. The molecule has 2 aliphatic rings. The smallest absolute Gasteiger partial charge is 0.0429 e. The van der Waals surface area contributed by atoms with Gasteiger partial charge in [0, 0.05) is 29.8 Å². The maximum Gasteiger partial charge on any atom is 0.0429 e. The quantitative estimate of drug-likeness (QED) is 0.751. The fourth-order valence-electron chi connectivity index (χ4n) is 3.38. The van der Waals surface area contributed by atoms with Gasteiger partial charge in [-0.15, -0.1) is 0 Å². The molecule has 1 heterocycles. The topological polar surface area (TPSA) is 29.3 Å². The molecule has 3 unspecified atom stereocenters. The molecular formula is C13H17ClN2. The minimum Gasteiger partial charge on any atom is -0.371 e. The average Bonchev–Trinajstić information content (AvgIpc) is 2.75. The van der Waals surface area contributed by atoms with Crippen molar-refractivity contribution < 1.29 is 0 Å². The maximum atomic E-state index is 6.37. The van der Waals surface area contributed by atoms with Crippen LogP contribution in [0.1, 0.15) is 30.9 Å². The van der Waals surface area contributed by atoms with Crippen molar-refractivity contribution in [1.82, 2.24) is 0 Å². The highest BCUT2D eigenvalue weighted by atomic mass is 35.5. The predicted molar refractivity (Wildman–Crippen MR) is 67.9 cm³/mol. The number of rotatable bonds is 0. The van der Waals surface area contributed by atoms with E-state index in [1.165, 1.54) is 30.5 Å². The molecule has 0 saturated heterocycles. The van der Waals surface area contributed by atoms with Gasteiger partial charge in [-0.2, -0.15) is 0 Å². The third kappa shape index (κ3) is 1.36. The van der Waals surface area contributed by atoms with E-state index < -0.39 is 0 Å². The average molecular weight is 237 g/mol. The van der Waals surface area contributed by atoms with Crippen molar-refractivity contribution in [2.75, 3.05) is 11.9 Å². The van der Waals surface area contributed by atoms with E-state index >= 15 is 0 Å². The third-order valence-electron chi connectivity index (χ3n) is 4.22. The molecule has 1 aliphatic heterocycles. The molecule has 86 valence electrons. The first-order valence-electron chi connectivity index (χ1n) is 5.96. The Morgan fingerprint density at radius 3 is 3.00 bits per heavy atom. The van der Waals surface area contributed by atoms with Crippen LogP contribution in [-0.4, -0.2) is 13.1 Å². The summed E-state index contributed by atoms with van der Waals surface area (Å²) in [4.78, 5) is 2.38. The van der Waals surface area contributed by atoms with Gasteiger partial charge in [-0.1, -0.05) is 24.1 Å². The summed E-state index contributed by atoms with van der Waals surface area (Å²) in [6, 6.07) is 6.89. The lowest BCUT2D eigenvalue weighted by atomic mass is 9.84. The number of hydrogen-bond acceptors (Lipinski definition) is 2. The van der Waals surface area contributed by atoms with Gasteiger partial charge < -0.3 is 10.6 Å². The zero-order valence-corrected chi connectivity index (χ0v) is 10.2. The van der Waals surface area contributed by atoms with Gasteiger partial charge in [0.25, 0.3) is 0 Å². The largest absolute Gasteiger partial charge is 0.371 e. The first-order valence-corrected chi connectivity index (χ1v) is 6.34. The fraction of sp³-hybridized carbons (Fsp3) is 0.538. The highest BCUT2D eigenvalue weighted by Gasteiger charge is 2.40. The zero-order valence-electron chi connectivity index (χ0n) is 9.49.